The molecule has 0 saturated carbocycles. The summed E-state index contributed by atoms with van der Waals surface area (Å²) in [6, 6.07) is 7.65. The predicted molar refractivity (Wildman–Crippen MR) is 115 cm³/mol. The van der Waals surface area contributed by atoms with Crippen molar-refractivity contribution >= 4 is 24.6 Å². The smallest absolute Gasteiger partial charge is 0.461 e. The van der Waals surface area contributed by atoms with E-state index in [9.17, 15) is 9.59 Å². The molecule has 7 nitrogen and oxygen atoms in total. The second-order valence-corrected chi connectivity index (χ2v) is 9.36. The lowest BCUT2D eigenvalue weighted by molar-refractivity contribution is -0.142. The molecule has 1 amide bonds. The highest BCUT2D eigenvalue weighted by Gasteiger charge is 2.54. The summed E-state index contributed by atoms with van der Waals surface area (Å²) in [6.07, 6.45) is 1.04. The summed E-state index contributed by atoms with van der Waals surface area (Å²) in [4.78, 5) is 22.7. The van der Waals surface area contributed by atoms with Crippen LogP contribution in [0, 0.1) is 0 Å². The Bertz CT molecular complexity index is 743. The van der Waals surface area contributed by atoms with Crippen molar-refractivity contribution in [2.45, 2.75) is 84.7 Å². The first-order valence-electron chi connectivity index (χ1n) is 10.4. The second kappa shape index (κ2) is 9.39. The van der Waals surface area contributed by atoms with Gasteiger partial charge >= 0.3 is 19.2 Å². The lowest BCUT2D eigenvalue weighted by Gasteiger charge is -2.36. The number of benzene rings is 1. The van der Waals surface area contributed by atoms with Crippen LogP contribution in [0.15, 0.2) is 24.3 Å². The van der Waals surface area contributed by atoms with Crippen molar-refractivity contribution in [3.63, 3.8) is 0 Å². The van der Waals surface area contributed by atoms with Gasteiger partial charge in [-0.15, -0.1) is 0 Å². The summed E-state index contributed by atoms with van der Waals surface area (Å²) < 4.78 is 22.8. The van der Waals surface area contributed by atoms with Crippen LogP contribution >= 0.6 is 0 Å². The maximum atomic E-state index is 11.8. The van der Waals surface area contributed by atoms with Crippen LogP contribution in [-0.2, 0) is 30.2 Å². The number of carbonyl (C=O) groups is 2. The van der Waals surface area contributed by atoms with Gasteiger partial charge in [-0.1, -0.05) is 24.3 Å². The van der Waals surface area contributed by atoms with E-state index in [1.807, 2.05) is 65.8 Å². The molecule has 8 heteroatoms. The summed E-state index contributed by atoms with van der Waals surface area (Å²) in [5, 5.41) is 2.78. The molecule has 1 unspecified atom stereocenters. The number of alkyl carbamates (subject to hydrolysis) is 1. The minimum atomic E-state index is -0.512. The van der Waals surface area contributed by atoms with Crippen molar-refractivity contribution in [3.8, 4) is 0 Å². The molecule has 30 heavy (non-hydrogen) atoms. The fraction of sp³-hybridized carbons (Fsp3) is 0.636. The van der Waals surface area contributed by atoms with Crippen molar-refractivity contribution in [2.24, 2.45) is 0 Å². The number of carbonyl (C=O) groups excluding carboxylic acids is 2. The van der Waals surface area contributed by atoms with E-state index in [2.05, 4.69) is 5.32 Å². The van der Waals surface area contributed by atoms with Gasteiger partial charge < -0.3 is 24.1 Å². The third kappa shape index (κ3) is 6.74. The Hall–Kier alpha value is -2.06. The fourth-order valence-corrected chi connectivity index (χ4v) is 3.18. The molecule has 166 valence electrons. The van der Waals surface area contributed by atoms with Crippen LogP contribution in [0.1, 0.15) is 66.9 Å². The molecular formula is C22H34BNO6. The number of nitrogens with one attached hydrogen (secondary N) is 1. The third-order valence-electron chi connectivity index (χ3n) is 5.24. The van der Waals surface area contributed by atoms with E-state index in [0.29, 0.717) is 6.54 Å². The fourth-order valence-electron chi connectivity index (χ4n) is 3.18. The zero-order chi connectivity index (χ0) is 22.6. The molecule has 0 aliphatic carbocycles. The van der Waals surface area contributed by atoms with Gasteiger partial charge in [-0.2, -0.15) is 0 Å². The number of rotatable bonds is 7. The highest BCUT2D eigenvalue weighted by Crippen LogP contribution is 2.40. The van der Waals surface area contributed by atoms with E-state index < -0.39 is 30.0 Å². The highest BCUT2D eigenvalue weighted by atomic mass is 16.7. The summed E-state index contributed by atoms with van der Waals surface area (Å²) in [5.74, 6) is -0.305. The Kier molecular flexibility index (Phi) is 7.58. The minimum Gasteiger partial charge on any atom is -0.461 e. The highest BCUT2D eigenvalue weighted by molar-refractivity contribution is 6.62. The maximum Gasteiger partial charge on any atom is 0.494 e. The summed E-state index contributed by atoms with van der Waals surface area (Å²) in [6.45, 7) is 13.7. The maximum absolute atomic E-state index is 11.8. The molecule has 0 radical (unpaired) electrons. The van der Waals surface area contributed by atoms with Gasteiger partial charge in [0.1, 0.15) is 12.2 Å². The molecule has 0 bridgehead atoms. The molecule has 1 N–H and O–H groups in total. The molecule has 1 fully saturated rings. The predicted octanol–water partition coefficient (Wildman–Crippen LogP) is 3.33. The Balaban J connectivity index is 1.90. The van der Waals surface area contributed by atoms with E-state index in [0.717, 1.165) is 23.9 Å². The second-order valence-electron chi connectivity index (χ2n) is 9.36. The average Bonchev–Trinajstić information content (AvgIpc) is 2.85. The minimum absolute atomic E-state index is 0.246. The zero-order valence-corrected chi connectivity index (χ0v) is 19.2. The first kappa shape index (κ1) is 24.2. The number of hydrogen-bond acceptors (Lipinski definition) is 6. The van der Waals surface area contributed by atoms with Crippen molar-refractivity contribution in [1.82, 2.24) is 5.32 Å². The van der Waals surface area contributed by atoms with E-state index in [4.69, 9.17) is 18.8 Å². The normalized spacial score (nSPS) is 20.7. The van der Waals surface area contributed by atoms with Gasteiger partial charge in [0.15, 0.2) is 0 Å². The van der Waals surface area contributed by atoms with Crippen molar-refractivity contribution in [3.05, 3.63) is 29.8 Å². The molecule has 1 atom stereocenters. The van der Waals surface area contributed by atoms with Crippen LogP contribution in [0.4, 0.5) is 4.79 Å². The van der Waals surface area contributed by atoms with Gasteiger partial charge in [0.05, 0.1) is 11.2 Å². The van der Waals surface area contributed by atoms with Crippen LogP contribution < -0.4 is 10.8 Å². The molecule has 1 heterocycles. The Labute approximate surface area is 179 Å². The van der Waals surface area contributed by atoms with E-state index >= 15 is 0 Å². The van der Waals surface area contributed by atoms with Gasteiger partial charge in [-0.25, -0.2) is 4.79 Å². The molecule has 0 spiro atoms. The molecule has 1 aromatic rings. The molecular weight excluding hydrogens is 385 g/mol. The Morgan fingerprint density at radius 2 is 1.73 bits per heavy atom. The first-order chi connectivity index (χ1) is 13.8. The van der Waals surface area contributed by atoms with Crippen LogP contribution in [0.25, 0.3) is 0 Å². The van der Waals surface area contributed by atoms with Gasteiger partial charge in [-0.05, 0) is 65.4 Å². The number of esters is 1. The molecule has 1 aromatic carbocycles. The van der Waals surface area contributed by atoms with Crippen LogP contribution in [-0.4, -0.2) is 42.5 Å². The topological polar surface area (TPSA) is 83.1 Å². The molecule has 1 aliphatic heterocycles. The molecule has 1 aliphatic rings. The largest absolute Gasteiger partial charge is 0.494 e. The van der Waals surface area contributed by atoms with Gasteiger partial charge in [0, 0.05) is 13.5 Å². The van der Waals surface area contributed by atoms with Crippen LogP contribution in [0.5, 0.6) is 0 Å². The van der Waals surface area contributed by atoms with Crippen LogP contribution in [0.2, 0.25) is 0 Å². The van der Waals surface area contributed by atoms with Crippen molar-refractivity contribution in [1.29, 1.82) is 0 Å². The van der Waals surface area contributed by atoms with Gasteiger partial charge in [0.25, 0.3) is 0 Å². The Morgan fingerprint density at radius 1 is 1.10 bits per heavy atom. The summed E-state index contributed by atoms with van der Waals surface area (Å²) >= 11 is 0. The molecule has 0 aromatic heterocycles. The molecule has 1 saturated heterocycles. The van der Waals surface area contributed by atoms with Gasteiger partial charge in [-0.3, -0.25) is 4.79 Å². The van der Waals surface area contributed by atoms with Gasteiger partial charge in [0.2, 0.25) is 0 Å². The van der Waals surface area contributed by atoms with E-state index in [1.165, 1.54) is 6.92 Å². The molecule has 2 rings (SSSR count). The zero-order valence-electron chi connectivity index (χ0n) is 19.2. The lowest BCUT2D eigenvalue weighted by atomic mass is 9.79. The number of ether oxygens (including phenoxy) is 2. The average molecular weight is 419 g/mol. The van der Waals surface area contributed by atoms with E-state index in [-0.39, 0.29) is 12.6 Å². The third-order valence-corrected chi connectivity index (χ3v) is 5.24. The summed E-state index contributed by atoms with van der Waals surface area (Å²) in [5.41, 5.74) is 0.290. The van der Waals surface area contributed by atoms with E-state index in [1.54, 1.807) is 0 Å². The Morgan fingerprint density at radius 3 is 2.30 bits per heavy atom. The summed E-state index contributed by atoms with van der Waals surface area (Å²) in [7, 11) is -0.480. The van der Waals surface area contributed by atoms with Crippen molar-refractivity contribution < 1.29 is 28.4 Å². The number of hydrogen-bond donors (Lipinski definition) is 1. The SMILES string of the molecule is CC(=O)OCc1ccc(B2OC(C)(C)C(C)(CCCNC(=O)OC(C)(C)C)O2)cc1. The first-order valence-corrected chi connectivity index (χ1v) is 10.4. The quantitative estimate of drug-likeness (QED) is 0.415. The number of amides is 1. The standard InChI is InChI=1S/C22H34BNO6/c1-16(25)27-15-17-9-11-18(12-10-17)23-29-21(5,6)22(7,30-23)13-8-14-24-19(26)28-20(2,3)4/h9-12H,8,13-15H2,1-7H3,(H,24,26). The lowest BCUT2D eigenvalue weighted by Crippen LogP contribution is -2.45. The van der Waals surface area contributed by atoms with Crippen LogP contribution in [0.3, 0.4) is 0 Å². The monoisotopic (exact) mass is 419 g/mol. The van der Waals surface area contributed by atoms with Crippen molar-refractivity contribution in [2.75, 3.05) is 6.54 Å².